The molecule has 6 nitrogen and oxygen atoms in total. The fourth-order valence-corrected chi connectivity index (χ4v) is 3.59. The van der Waals surface area contributed by atoms with Crippen molar-refractivity contribution in [2.75, 3.05) is 46.4 Å². The SMILES string of the molecule is COc1ccc(C(=O)N2CCN(C(C)C(=O)N3CCCC3)CC2)cc1. The normalized spacial score (nSPS) is 19.8. The largest absolute Gasteiger partial charge is 0.497 e. The minimum absolute atomic E-state index is 0.0424. The zero-order valence-corrected chi connectivity index (χ0v) is 15.1. The zero-order chi connectivity index (χ0) is 17.8. The van der Waals surface area contributed by atoms with E-state index in [1.54, 1.807) is 31.4 Å². The van der Waals surface area contributed by atoms with Crippen molar-refractivity contribution in [1.82, 2.24) is 14.7 Å². The Labute approximate surface area is 149 Å². The zero-order valence-electron chi connectivity index (χ0n) is 15.1. The molecule has 1 unspecified atom stereocenters. The Hall–Kier alpha value is -2.08. The van der Waals surface area contributed by atoms with Gasteiger partial charge in [0.05, 0.1) is 13.2 Å². The van der Waals surface area contributed by atoms with Crippen LogP contribution in [0.2, 0.25) is 0 Å². The summed E-state index contributed by atoms with van der Waals surface area (Å²) < 4.78 is 5.13. The molecular weight excluding hydrogens is 318 g/mol. The standard InChI is InChI=1S/C19H27N3O3/c1-15(18(23)21-9-3-4-10-21)20-11-13-22(14-12-20)19(24)16-5-7-17(25-2)8-6-16/h5-8,15H,3-4,9-14H2,1-2H3. The molecule has 2 aliphatic rings. The molecule has 1 atom stereocenters. The number of piperazine rings is 1. The van der Waals surface area contributed by atoms with Crippen molar-refractivity contribution in [3.8, 4) is 5.75 Å². The van der Waals surface area contributed by atoms with Crippen LogP contribution in [0.5, 0.6) is 5.75 Å². The number of carbonyl (C=O) groups is 2. The van der Waals surface area contributed by atoms with Crippen LogP contribution in [-0.4, -0.2) is 78.9 Å². The minimum Gasteiger partial charge on any atom is -0.497 e. The molecule has 2 saturated heterocycles. The fraction of sp³-hybridized carbons (Fsp3) is 0.579. The maximum absolute atomic E-state index is 12.6. The molecule has 0 N–H and O–H groups in total. The van der Waals surface area contributed by atoms with Gasteiger partial charge in [-0.1, -0.05) is 0 Å². The molecule has 0 aromatic heterocycles. The van der Waals surface area contributed by atoms with Gasteiger partial charge in [-0.15, -0.1) is 0 Å². The van der Waals surface area contributed by atoms with Gasteiger partial charge in [0, 0.05) is 44.8 Å². The molecule has 2 amide bonds. The maximum atomic E-state index is 12.6. The van der Waals surface area contributed by atoms with Crippen LogP contribution in [0.4, 0.5) is 0 Å². The number of benzene rings is 1. The number of likely N-dealkylation sites (tertiary alicyclic amines) is 1. The second-order valence-corrected chi connectivity index (χ2v) is 6.77. The summed E-state index contributed by atoms with van der Waals surface area (Å²) in [5, 5.41) is 0. The number of carbonyl (C=O) groups excluding carboxylic acids is 2. The van der Waals surface area contributed by atoms with E-state index in [2.05, 4.69) is 4.90 Å². The number of hydrogen-bond donors (Lipinski definition) is 0. The number of nitrogens with zero attached hydrogens (tertiary/aromatic N) is 3. The Morgan fingerprint density at radius 1 is 0.920 bits per heavy atom. The highest BCUT2D eigenvalue weighted by Gasteiger charge is 2.31. The number of amides is 2. The highest BCUT2D eigenvalue weighted by molar-refractivity contribution is 5.94. The van der Waals surface area contributed by atoms with Gasteiger partial charge in [-0.05, 0) is 44.0 Å². The third kappa shape index (κ3) is 3.95. The summed E-state index contributed by atoms with van der Waals surface area (Å²) in [6, 6.07) is 7.11. The summed E-state index contributed by atoms with van der Waals surface area (Å²) in [5.41, 5.74) is 0.676. The average Bonchev–Trinajstić information content (AvgIpc) is 3.21. The molecule has 0 spiro atoms. The maximum Gasteiger partial charge on any atom is 0.253 e. The van der Waals surface area contributed by atoms with Gasteiger partial charge >= 0.3 is 0 Å². The Morgan fingerprint density at radius 3 is 2.08 bits per heavy atom. The smallest absolute Gasteiger partial charge is 0.253 e. The third-order valence-electron chi connectivity index (χ3n) is 5.26. The highest BCUT2D eigenvalue weighted by Crippen LogP contribution is 2.17. The molecule has 0 saturated carbocycles. The second kappa shape index (κ2) is 7.87. The quantitative estimate of drug-likeness (QED) is 0.829. The topological polar surface area (TPSA) is 53.1 Å². The van der Waals surface area contributed by atoms with E-state index in [4.69, 9.17) is 4.74 Å². The lowest BCUT2D eigenvalue weighted by Crippen LogP contribution is -2.55. The lowest BCUT2D eigenvalue weighted by Gasteiger charge is -2.38. The highest BCUT2D eigenvalue weighted by atomic mass is 16.5. The van der Waals surface area contributed by atoms with E-state index in [1.807, 2.05) is 16.7 Å². The van der Waals surface area contributed by atoms with Gasteiger partial charge in [-0.2, -0.15) is 0 Å². The van der Waals surface area contributed by atoms with Gasteiger partial charge in [-0.3, -0.25) is 14.5 Å². The van der Waals surface area contributed by atoms with E-state index in [-0.39, 0.29) is 17.9 Å². The summed E-state index contributed by atoms with van der Waals surface area (Å²) in [6.45, 7) is 6.55. The van der Waals surface area contributed by atoms with E-state index < -0.39 is 0 Å². The Bertz CT molecular complexity index is 603. The molecule has 1 aromatic carbocycles. The predicted octanol–water partition coefficient (Wildman–Crippen LogP) is 1.46. The minimum atomic E-state index is -0.101. The van der Waals surface area contributed by atoms with Gasteiger partial charge in [0.1, 0.15) is 5.75 Å². The molecule has 0 radical (unpaired) electrons. The first-order valence-electron chi connectivity index (χ1n) is 9.06. The third-order valence-corrected chi connectivity index (χ3v) is 5.26. The van der Waals surface area contributed by atoms with Crippen molar-refractivity contribution < 1.29 is 14.3 Å². The van der Waals surface area contributed by atoms with Gasteiger partial charge in [0.25, 0.3) is 5.91 Å². The Balaban J connectivity index is 1.53. The molecule has 136 valence electrons. The number of methoxy groups -OCH3 is 1. The van der Waals surface area contributed by atoms with Gasteiger partial charge in [0.2, 0.25) is 5.91 Å². The molecule has 6 heteroatoms. The van der Waals surface area contributed by atoms with E-state index >= 15 is 0 Å². The molecule has 25 heavy (non-hydrogen) atoms. The molecule has 0 bridgehead atoms. The first-order chi connectivity index (χ1) is 12.1. The Morgan fingerprint density at radius 2 is 1.52 bits per heavy atom. The van der Waals surface area contributed by atoms with Crippen molar-refractivity contribution in [3.63, 3.8) is 0 Å². The van der Waals surface area contributed by atoms with E-state index in [9.17, 15) is 9.59 Å². The predicted molar refractivity (Wildman–Crippen MR) is 95.7 cm³/mol. The summed E-state index contributed by atoms with van der Waals surface area (Å²) in [7, 11) is 1.61. The van der Waals surface area contributed by atoms with E-state index in [0.717, 1.165) is 44.8 Å². The lowest BCUT2D eigenvalue weighted by atomic mass is 10.1. The van der Waals surface area contributed by atoms with E-state index in [1.165, 1.54) is 0 Å². The monoisotopic (exact) mass is 345 g/mol. The van der Waals surface area contributed by atoms with Crippen LogP contribution in [-0.2, 0) is 4.79 Å². The molecule has 0 aliphatic carbocycles. The average molecular weight is 345 g/mol. The van der Waals surface area contributed by atoms with Gasteiger partial charge in [-0.25, -0.2) is 0 Å². The summed E-state index contributed by atoms with van der Waals surface area (Å²) in [4.78, 5) is 31.2. The molecular formula is C19H27N3O3. The lowest BCUT2D eigenvalue weighted by molar-refractivity contribution is -0.135. The van der Waals surface area contributed by atoms with Crippen molar-refractivity contribution in [2.45, 2.75) is 25.8 Å². The fourth-order valence-electron chi connectivity index (χ4n) is 3.59. The molecule has 2 heterocycles. The summed E-state index contributed by atoms with van der Waals surface area (Å²) in [5.74, 6) is 1.02. The van der Waals surface area contributed by atoms with E-state index in [0.29, 0.717) is 18.7 Å². The van der Waals surface area contributed by atoms with Crippen molar-refractivity contribution in [3.05, 3.63) is 29.8 Å². The first-order valence-corrected chi connectivity index (χ1v) is 9.06. The second-order valence-electron chi connectivity index (χ2n) is 6.77. The van der Waals surface area contributed by atoms with Crippen LogP contribution in [0.3, 0.4) is 0 Å². The van der Waals surface area contributed by atoms with Gasteiger partial charge in [0.15, 0.2) is 0 Å². The van der Waals surface area contributed by atoms with Crippen molar-refractivity contribution >= 4 is 11.8 Å². The van der Waals surface area contributed by atoms with Crippen LogP contribution in [0.25, 0.3) is 0 Å². The van der Waals surface area contributed by atoms with Crippen molar-refractivity contribution in [1.29, 1.82) is 0 Å². The Kier molecular flexibility index (Phi) is 5.58. The van der Waals surface area contributed by atoms with Crippen LogP contribution in [0.15, 0.2) is 24.3 Å². The summed E-state index contributed by atoms with van der Waals surface area (Å²) in [6.07, 6.45) is 2.23. The molecule has 3 rings (SSSR count). The van der Waals surface area contributed by atoms with Crippen molar-refractivity contribution in [2.24, 2.45) is 0 Å². The number of rotatable bonds is 4. The van der Waals surface area contributed by atoms with Crippen LogP contribution >= 0.6 is 0 Å². The van der Waals surface area contributed by atoms with Crippen LogP contribution < -0.4 is 4.74 Å². The first kappa shape index (κ1) is 17.7. The molecule has 2 aliphatic heterocycles. The summed E-state index contributed by atoms with van der Waals surface area (Å²) >= 11 is 0. The van der Waals surface area contributed by atoms with Gasteiger partial charge < -0.3 is 14.5 Å². The number of ether oxygens (including phenoxy) is 1. The van der Waals surface area contributed by atoms with Crippen LogP contribution in [0.1, 0.15) is 30.1 Å². The number of hydrogen-bond acceptors (Lipinski definition) is 4. The molecule has 1 aromatic rings. The van der Waals surface area contributed by atoms with Crippen LogP contribution in [0, 0.1) is 0 Å². The molecule has 2 fully saturated rings.